The first-order chi connectivity index (χ1) is 14.2. The third-order valence-electron chi connectivity index (χ3n) is 4.42. The van der Waals surface area contributed by atoms with E-state index < -0.39 is 4.92 Å². The van der Waals surface area contributed by atoms with Gasteiger partial charge in [-0.1, -0.05) is 42.5 Å². The Morgan fingerprint density at radius 2 is 1.69 bits per heavy atom. The highest BCUT2D eigenvalue weighted by molar-refractivity contribution is 5.80. The van der Waals surface area contributed by atoms with Gasteiger partial charge in [0.2, 0.25) is 0 Å². The van der Waals surface area contributed by atoms with Gasteiger partial charge in [-0.15, -0.1) is 0 Å². The minimum absolute atomic E-state index is 0.00846. The number of aliphatic hydroxyl groups excluding tert-OH is 1. The average Bonchev–Trinajstić information content (AvgIpc) is 2.76. The third kappa shape index (κ3) is 5.99. The van der Waals surface area contributed by atoms with Gasteiger partial charge in [-0.05, 0) is 47.4 Å². The first-order valence-corrected chi connectivity index (χ1v) is 9.31. The minimum atomic E-state index is -0.434. The number of nitrogens with zero attached hydrogens (tertiary/aromatic N) is 2. The van der Waals surface area contributed by atoms with Gasteiger partial charge in [-0.3, -0.25) is 15.1 Å². The molecule has 3 aromatic carbocycles. The molecular weight excluding hydrogens is 368 g/mol. The Bertz CT molecular complexity index is 939. The Kier molecular flexibility index (Phi) is 7.08. The molecule has 0 saturated carbocycles. The number of hydrogen-bond donors (Lipinski definition) is 1. The summed E-state index contributed by atoms with van der Waals surface area (Å²) >= 11 is 0. The first kappa shape index (κ1) is 20.2. The average molecular weight is 390 g/mol. The maximum atomic E-state index is 10.7. The molecule has 3 aromatic rings. The van der Waals surface area contributed by atoms with E-state index >= 15 is 0 Å². The molecule has 0 bridgehead atoms. The summed E-state index contributed by atoms with van der Waals surface area (Å²) < 4.78 is 5.80. The van der Waals surface area contributed by atoms with Gasteiger partial charge in [0.25, 0.3) is 5.69 Å². The monoisotopic (exact) mass is 390 g/mol. The molecule has 1 N–H and O–H groups in total. The van der Waals surface area contributed by atoms with Crippen molar-refractivity contribution >= 4 is 11.9 Å². The second-order valence-corrected chi connectivity index (χ2v) is 6.50. The van der Waals surface area contributed by atoms with Crippen molar-refractivity contribution in [2.24, 2.45) is 4.99 Å². The summed E-state index contributed by atoms with van der Waals surface area (Å²) in [6.07, 6.45) is 2.15. The van der Waals surface area contributed by atoms with Crippen molar-refractivity contribution in [3.05, 3.63) is 106 Å². The van der Waals surface area contributed by atoms with Crippen LogP contribution in [0.25, 0.3) is 0 Å². The quantitative estimate of drug-likeness (QED) is 0.326. The molecule has 0 heterocycles. The van der Waals surface area contributed by atoms with E-state index in [2.05, 4.69) is 4.99 Å². The number of nitro groups is 1. The lowest BCUT2D eigenvalue weighted by molar-refractivity contribution is -0.384. The van der Waals surface area contributed by atoms with E-state index in [9.17, 15) is 15.2 Å². The van der Waals surface area contributed by atoms with Gasteiger partial charge in [0.1, 0.15) is 12.4 Å². The van der Waals surface area contributed by atoms with Gasteiger partial charge in [0, 0.05) is 25.0 Å². The molecule has 0 amide bonds. The highest BCUT2D eigenvalue weighted by Gasteiger charge is 2.10. The van der Waals surface area contributed by atoms with Gasteiger partial charge in [0.15, 0.2) is 0 Å². The Labute approximate surface area is 169 Å². The smallest absolute Gasteiger partial charge is 0.269 e. The predicted molar refractivity (Wildman–Crippen MR) is 112 cm³/mol. The number of nitro benzene ring substituents is 1. The number of ether oxygens (including phenoxy) is 1. The lowest BCUT2D eigenvalue weighted by atomic mass is 10.0. The summed E-state index contributed by atoms with van der Waals surface area (Å²) in [7, 11) is 0. The molecule has 1 atom stereocenters. The molecule has 6 heteroatoms. The van der Waals surface area contributed by atoms with E-state index in [4.69, 9.17) is 4.74 Å². The zero-order valence-corrected chi connectivity index (χ0v) is 15.8. The molecule has 0 aliphatic heterocycles. The van der Waals surface area contributed by atoms with Crippen LogP contribution in [-0.4, -0.2) is 22.9 Å². The van der Waals surface area contributed by atoms with Crippen LogP contribution in [-0.2, 0) is 6.61 Å². The SMILES string of the molecule is O=[N+]([O-])c1ccc(C=NC(CCO)c2ccc(OCc3ccccc3)cc2)cc1. The van der Waals surface area contributed by atoms with Crippen molar-refractivity contribution in [1.82, 2.24) is 0 Å². The Morgan fingerprint density at radius 1 is 1.00 bits per heavy atom. The molecular formula is C23H22N2O4. The largest absolute Gasteiger partial charge is 0.489 e. The predicted octanol–water partition coefficient (Wildman–Crippen LogP) is 4.72. The van der Waals surface area contributed by atoms with Gasteiger partial charge in [-0.25, -0.2) is 0 Å². The van der Waals surface area contributed by atoms with E-state index in [1.54, 1.807) is 18.3 Å². The fourth-order valence-electron chi connectivity index (χ4n) is 2.83. The van der Waals surface area contributed by atoms with Crippen LogP contribution in [0.15, 0.2) is 83.9 Å². The van der Waals surface area contributed by atoms with Crippen molar-refractivity contribution in [2.75, 3.05) is 6.61 Å². The second-order valence-electron chi connectivity index (χ2n) is 6.50. The number of aliphatic imine (C=N–C) groups is 1. The molecule has 3 rings (SSSR count). The Morgan fingerprint density at radius 3 is 2.31 bits per heavy atom. The number of hydrogen-bond acceptors (Lipinski definition) is 5. The zero-order chi connectivity index (χ0) is 20.5. The van der Waals surface area contributed by atoms with Crippen molar-refractivity contribution in [2.45, 2.75) is 19.1 Å². The van der Waals surface area contributed by atoms with Crippen LogP contribution in [0.2, 0.25) is 0 Å². The number of rotatable bonds is 9. The molecule has 0 spiro atoms. The molecule has 0 saturated heterocycles. The molecule has 0 fully saturated rings. The van der Waals surface area contributed by atoms with Crippen molar-refractivity contribution in [3.8, 4) is 5.75 Å². The molecule has 0 aromatic heterocycles. The minimum Gasteiger partial charge on any atom is -0.489 e. The standard InChI is InChI=1S/C23H22N2O4/c26-15-14-23(24-16-18-6-10-21(11-7-18)25(27)28)20-8-12-22(13-9-20)29-17-19-4-2-1-3-5-19/h1-13,16,23,26H,14-15,17H2. The van der Waals surface area contributed by atoms with Gasteiger partial charge in [0.05, 0.1) is 11.0 Å². The summed E-state index contributed by atoms with van der Waals surface area (Å²) in [4.78, 5) is 14.9. The van der Waals surface area contributed by atoms with Crippen molar-refractivity contribution < 1.29 is 14.8 Å². The Balaban J connectivity index is 1.65. The second kappa shape index (κ2) is 10.1. The molecule has 1 unspecified atom stereocenters. The van der Waals surface area contributed by atoms with Crippen molar-refractivity contribution in [3.63, 3.8) is 0 Å². The van der Waals surface area contributed by atoms with E-state index in [0.29, 0.717) is 13.0 Å². The highest BCUT2D eigenvalue weighted by atomic mass is 16.6. The van der Waals surface area contributed by atoms with Crippen LogP contribution in [0.1, 0.15) is 29.2 Å². The van der Waals surface area contributed by atoms with Crippen molar-refractivity contribution in [1.29, 1.82) is 0 Å². The van der Waals surface area contributed by atoms with Crippen LogP contribution >= 0.6 is 0 Å². The summed E-state index contributed by atoms with van der Waals surface area (Å²) in [5.41, 5.74) is 2.87. The highest BCUT2D eigenvalue weighted by Crippen LogP contribution is 2.24. The zero-order valence-electron chi connectivity index (χ0n) is 15.8. The van der Waals surface area contributed by atoms with Gasteiger partial charge < -0.3 is 9.84 Å². The maximum absolute atomic E-state index is 10.7. The molecule has 6 nitrogen and oxygen atoms in total. The van der Waals surface area contributed by atoms with Crippen LogP contribution in [0, 0.1) is 10.1 Å². The lowest BCUT2D eigenvalue weighted by Gasteiger charge is -2.13. The van der Waals surface area contributed by atoms with E-state index in [-0.39, 0.29) is 18.3 Å². The number of non-ortho nitro benzene ring substituents is 1. The van der Waals surface area contributed by atoms with Crippen LogP contribution in [0.5, 0.6) is 5.75 Å². The normalized spacial score (nSPS) is 12.0. The molecule has 148 valence electrons. The summed E-state index contributed by atoms with van der Waals surface area (Å²) in [6, 6.07) is 23.6. The summed E-state index contributed by atoms with van der Waals surface area (Å²) in [5.74, 6) is 0.764. The first-order valence-electron chi connectivity index (χ1n) is 9.31. The summed E-state index contributed by atoms with van der Waals surface area (Å²) in [6.45, 7) is 0.507. The Hall–Kier alpha value is -3.51. The van der Waals surface area contributed by atoms with E-state index in [1.165, 1.54) is 12.1 Å². The number of benzene rings is 3. The van der Waals surface area contributed by atoms with Crippen LogP contribution in [0.4, 0.5) is 5.69 Å². The van der Waals surface area contributed by atoms with E-state index in [0.717, 1.165) is 22.4 Å². The molecule has 0 radical (unpaired) electrons. The number of aliphatic hydroxyl groups is 1. The van der Waals surface area contributed by atoms with Crippen LogP contribution in [0.3, 0.4) is 0 Å². The van der Waals surface area contributed by atoms with Gasteiger partial charge in [-0.2, -0.15) is 0 Å². The van der Waals surface area contributed by atoms with Gasteiger partial charge >= 0.3 is 0 Å². The molecule has 0 aliphatic carbocycles. The molecule has 0 aliphatic rings. The fraction of sp³-hybridized carbons (Fsp3) is 0.174. The molecule has 29 heavy (non-hydrogen) atoms. The topological polar surface area (TPSA) is 85.0 Å². The van der Waals surface area contributed by atoms with Crippen LogP contribution < -0.4 is 4.74 Å². The third-order valence-corrected chi connectivity index (χ3v) is 4.42. The fourth-order valence-corrected chi connectivity index (χ4v) is 2.83. The maximum Gasteiger partial charge on any atom is 0.269 e. The lowest BCUT2D eigenvalue weighted by Crippen LogP contribution is -2.01. The summed E-state index contributed by atoms with van der Waals surface area (Å²) in [5, 5.41) is 20.1. The van der Waals surface area contributed by atoms with E-state index in [1.807, 2.05) is 54.6 Å².